The molecule has 30 heavy (non-hydrogen) atoms. The van der Waals surface area contributed by atoms with Crippen LogP contribution in [0, 0.1) is 35.5 Å². The Morgan fingerprint density at radius 2 is 1.13 bits per heavy atom. The van der Waals surface area contributed by atoms with Gasteiger partial charge in [0.2, 0.25) is 0 Å². The van der Waals surface area contributed by atoms with E-state index < -0.39 is 0 Å². The van der Waals surface area contributed by atoms with E-state index in [1.807, 2.05) is 0 Å². The minimum atomic E-state index is 0.867. The number of allylic oxidation sites excluding steroid dienone is 4. The van der Waals surface area contributed by atoms with Gasteiger partial charge in [0.1, 0.15) is 0 Å². The lowest BCUT2D eigenvalue weighted by atomic mass is 9.68. The van der Waals surface area contributed by atoms with Gasteiger partial charge in [0.05, 0.1) is 0 Å². The first-order valence-electron chi connectivity index (χ1n) is 14.1. The van der Waals surface area contributed by atoms with Crippen LogP contribution in [0.5, 0.6) is 0 Å². The van der Waals surface area contributed by atoms with E-state index in [0.717, 1.165) is 35.5 Å². The SMILES string of the molecule is C/C=C/C1CCC(/C=C/CCC2CCC(C3CCC(CCCCC)CC3)CC2)CC1. The van der Waals surface area contributed by atoms with Crippen molar-refractivity contribution in [3.05, 3.63) is 24.3 Å². The molecule has 0 N–H and O–H groups in total. The predicted molar refractivity (Wildman–Crippen MR) is 134 cm³/mol. The number of hydrogen-bond acceptors (Lipinski definition) is 0. The summed E-state index contributed by atoms with van der Waals surface area (Å²) in [5.41, 5.74) is 0. The minimum absolute atomic E-state index is 0.867. The number of rotatable bonds is 10. The summed E-state index contributed by atoms with van der Waals surface area (Å²) in [6.45, 7) is 4.50. The van der Waals surface area contributed by atoms with Crippen LogP contribution in [-0.2, 0) is 0 Å². The summed E-state index contributed by atoms with van der Waals surface area (Å²) in [7, 11) is 0. The van der Waals surface area contributed by atoms with Gasteiger partial charge in [0, 0.05) is 0 Å². The molecule has 0 bridgehead atoms. The van der Waals surface area contributed by atoms with Crippen molar-refractivity contribution in [2.45, 2.75) is 129 Å². The molecule has 0 atom stereocenters. The molecular weight excluding hydrogens is 360 g/mol. The van der Waals surface area contributed by atoms with E-state index in [-0.39, 0.29) is 0 Å². The van der Waals surface area contributed by atoms with E-state index in [0.29, 0.717) is 0 Å². The van der Waals surface area contributed by atoms with Crippen molar-refractivity contribution in [1.82, 2.24) is 0 Å². The van der Waals surface area contributed by atoms with Crippen LogP contribution in [0.15, 0.2) is 24.3 Å². The Bertz CT molecular complexity index is 476. The molecule has 3 rings (SSSR count). The van der Waals surface area contributed by atoms with Gasteiger partial charge in [-0.3, -0.25) is 0 Å². The lowest BCUT2D eigenvalue weighted by molar-refractivity contribution is 0.140. The van der Waals surface area contributed by atoms with E-state index in [2.05, 4.69) is 38.2 Å². The molecule has 0 nitrogen and oxygen atoms in total. The molecule has 0 unspecified atom stereocenters. The zero-order valence-electron chi connectivity index (χ0n) is 20.5. The molecule has 0 aliphatic heterocycles. The summed E-state index contributed by atoms with van der Waals surface area (Å²) in [6, 6.07) is 0. The Hall–Kier alpha value is -0.520. The largest absolute Gasteiger partial charge is 0.0914 e. The van der Waals surface area contributed by atoms with Crippen LogP contribution in [0.4, 0.5) is 0 Å². The van der Waals surface area contributed by atoms with Crippen LogP contribution in [0.25, 0.3) is 0 Å². The Morgan fingerprint density at radius 1 is 0.600 bits per heavy atom. The maximum absolute atomic E-state index is 2.58. The molecule has 3 aliphatic carbocycles. The van der Waals surface area contributed by atoms with Gasteiger partial charge in [-0.2, -0.15) is 0 Å². The Morgan fingerprint density at radius 3 is 1.67 bits per heavy atom. The average molecular weight is 413 g/mol. The first kappa shape index (κ1) is 24.1. The third kappa shape index (κ3) is 8.20. The maximum Gasteiger partial charge on any atom is -0.0233 e. The minimum Gasteiger partial charge on any atom is -0.0914 e. The second kappa shape index (κ2) is 13.8. The molecule has 0 aromatic heterocycles. The van der Waals surface area contributed by atoms with E-state index in [4.69, 9.17) is 0 Å². The molecule has 172 valence electrons. The molecule has 0 radical (unpaired) electrons. The first-order valence-corrected chi connectivity index (χ1v) is 14.1. The van der Waals surface area contributed by atoms with Gasteiger partial charge < -0.3 is 0 Å². The zero-order valence-corrected chi connectivity index (χ0v) is 20.5. The summed E-state index contributed by atoms with van der Waals surface area (Å²) >= 11 is 0. The van der Waals surface area contributed by atoms with Gasteiger partial charge in [-0.25, -0.2) is 0 Å². The maximum atomic E-state index is 2.58. The van der Waals surface area contributed by atoms with Gasteiger partial charge >= 0.3 is 0 Å². The third-order valence-electron chi connectivity index (χ3n) is 9.10. The van der Waals surface area contributed by atoms with Crippen LogP contribution in [0.1, 0.15) is 129 Å². The highest BCUT2D eigenvalue weighted by Gasteiger charge is 2.30. The van der Waals surface area contributed by atoms with Crippen molar-refractivity contribution < 1.29 is 0 Å². The number of hydrogen-bond donors (Lipinski definition) is 0. The molecule has 3 saturated carbocycles. The van der Waals surface area contributed by atoms with Gasteiger partial charge in [0.25, 0.3) is 0 Å². The average Bonchev–Trinajstić information content (AvgIpc) is 2.79. The van der Waals surface area contributed by atoms with Crippen molar-refractivity contribution >= 4 is 0 Å². The molecule has 3 aliphatic rings. The van der Waals surface area contributed by atoms with E-state index >= 15 is 0 Å². The van der Waals surface area contributed by atoms with Gasteiger partial charge in [-0.1, -0.05) is 82.6 Å². The fourth-order valence-electron chi connectivity index (χ4n) is 7.00. The smallest absolute Gasteiger partial charge is 0.0233 e. The first-order chi connectivity index (χ1) is 14.8. The topological polar surface area (TPSA) is 0 Å². The standard InChI is InChI=1S/C30H52/c1-3-5-6-10-27-17-21-29(22-18-27)30-23-19-28(20-24-30)12-8-7-11-26-15-13-25(9-4-2)14-16-26/h4,7,9,11,25-30H,3,5-6,8,10,12-24H2,1-2H3/b9-4+,11-7+. The molecule has 3 fully saturated rings. The molecule has 0 aromatic rings. The van der Waals surface area contributed by atoms with E-state index in [1.54, 1.807) is 38.5 Å². The van der Waals surface area contributed by atoms with Crippen LogP contribution in [-0.4, -0.2) is 0 Å². The lowest BCUT2D eigenvalue weighted by Gasteiger charge is -2.38. The monoisotopic (exact) mass is 412 g/mol. The summed E-state index contributed by atoms with van der Waals surface area (Å²) in [6.07, 6.45) is 36.5. The third-order valence-corrected chi connectivity index (χ3v) is 9.10. The number of unbranched alkanes of at least 4 members (excludes halogenated alkanes) is 2. The second-order valence-corrected chi connectivity index (χ2v) is 11.3. The van der Waals surface area contributed by atoms with E-state index in [9.17, 15) is 0 Å². The van der Waals surface area contributed by atoms with Crippen molar-refractivity contribution in [2.24, 2.45) is 35.5 Å². The molecule has 0 spiro atoms. The van der Waals surface area contributed by atoms with Crippen LogP contribution in [0.3, 0.4) is 0 Å². The van der Waals surface area contributed by atoms with Crippen molar-refractivity contribution in [1.29, 1.82) is 0 Å². The lowest BCUT2D eigenvalue weighted by Crippen LogP contribution is -2.25. The molecule has 0 heteroatoms. The van der Waals surface area contributed by atoms with Crippen molar-refractivity contribution in [3.8, 4) is 0 Å². The van der Waals surface area contributed by atoms with Crippen LogP contribution < -0.4 is 0 Å². The van der Waals surface area contributed by atoms with Gasteiger partial charge in [-0.05, 0) is 107 Å². The molecular formula is C30H52. The molecule has 0 aromatic carbocycles. The quantitative estimate of drug-likeness (QED) is 0.247. The fraction of sp³-hybridized carbons (Fsp3) is 0.867. The van der Waals surface area contributed by atoms with Gasteiger partial charge in [-0.15, -0.1) is 0 Å². The fourth-order valence-corrected chi connectivity index (χ4v) is 7.00. The summed E-state index contributed by atoms with van der Waals surface area (Å²) in [4.78, 5) is 0. The molecule has 0 amide bonds. The zero-order chi connectivity index (χ0) is 21.0. The molecule has 0 saturated heterocycles. The van der Waals surface area contributed by atoms with Crippen molar-refractivity contribution in [2.75, 3.05) is 0 Å². The predicted octanol–water partition coefficient (Wildman–Crippen LogP) is 9.90. The Kier molecular flexibility index (Phi) is 11.1. The molecule has 0 heterocycles. The highest BCUT2D eigenvalue weighted by molar-refractivity contribution is 4.95. The van der Waals surface area contributed by atoms with Crippen LogP contribution in [0.2, 0.25) is 0 Å². The van der Waals surface area contributed by atoms with Crippen molar-refractivity contribution in [3.63, 3.8) is 0 Å². The Labute approximate surface area is 189 Å². The summed E-state index contributed by atoms with van der Waals surface area (Å²) in [5, 5.41) is 0. The van der Waals surface area contributed by atoms with E-state index in [1.165, 1.54) is 77.0 Å². The normalized spacial score (nSPS) is 35.9. The van der Waals surface area contributed by atoms with Gasteiger partial charge in [0.15, 0.2) is 0 Å². The summed E-state index contributed by atoms with van der Waals surface area (Å²) in [5.74, 6) is 6.02. The summed E-state index contributed by atoms with van der Waals surface area (Å²) < 4.78 is 0. The van der Waals surface area contributed by atoms with Crippen LogP contribution >= 0.6 is 0 Å². The second-order valence-electron chi connectivity index (χ2n) is 11.3. The Balaban J connectivity index is 1.24. The highest BCUT2D eigenvalue weighted by atomic mass is 14.4. The highest BCUT2D eigenvalue weighted by Crippen LogP contribution is 2.43.